The number of ether oxygens (including phenoxy) is 1. The van der Waals surface area contributed by atoms with Crippen LogP contribution in [0.5, 0.6) is 0 Å². The van der Waals surface area contributed by atoms with Gasteiger partial charge in [0.2, 0.25) is 0 Å². The van der Waals surface area contributed by atoms with Crippen molar-refractivity contribution in [3.8, 4) is 0 Å². The second kappa shape index (κ2) is 9.37. The van der Waals surface area contributed by atoms with E-state index in [0.717, 1.165) is 25.9 Å². The van der Waals surface area contributed by atoms with Crippen molar-refractivity contribution in [3.63, 3.8) is 0 Å². The first-order valence-electron chi connectivity index (χ1n) is 7.62. The fourth-order valence-corrected chi connectivity index (χ4v) is 2.46. The van der Waals surface area contributed by atoms with Gasteiger partial charge in [-0.05, 0) is 44.2 Å². The highest BCUT2D eigenvalue weighted by Gasteiger charge is 2.16. The molecule has 0 aromatic heterocycles. The van der Waals surface area contributed by atoms with Gasteiger partial charge in [-0.15, -0.1) is 0 Å². The second-order valence-corrected chi connectivity index (χ2v) is 5.50. The Labute approximate surface area is 112 Å². The zero-order chi connectivity index (χ0) is 13.2. The zero-order valence-electron chi connectivity index (χ0n) is 12.0. The number of carbonyl (C=O) groups is 1. The van der Waals surface area contributed by atoms with Crippen molar-refractivity contribution in [2.24, 2.45) is 11.8 Å². The van der Waals surface area contributed by atoms with Crippen LogP contribution in [-0.2, 0) is 9.53 Å². The number of hydrogen-bond acceptors (Lipinski definition) is 3. The summed E-state index contributed by atoms with van der Waals surface area (Å²) in [5.74, 6) is 1.23. The Morgan fingerprint density at radius 3 is 2.89 bits per heavy atom. The third kappa shape index (κ3) is 6.39. The van der Waals surface area contributed by atoms with E-state index in [1.807, 2.05) is 0 Å². The number of unbranched alkanes of at least 4 members (excludes halogenated alkanes) is 1. The predicted octanol–water partition coefficient (Wildman–Crippen LogP) is 3.14. The monoisotopic (exact) mass is 255 g/mol. The normalized spacial score (nSPS) is 20.9. The fourth-order valence-electron chi connectivity index (χ4n) is 2.46. The number of esters is 1. The van der Waals surface area contributed by atoms with Crippen LogP contribution < -0.4 is 5.32 Å². The molecule has 3 heteroatoms. The molecule has 0 bridgehead atoms. The minimum Gasteiger partial charge on any atom is -0.465 e. The van der Waals surface area contributed by atoms with E-state index >= 15 is 0 Å². The van der Waals surface area contributed by atoms with Gasteiger partial charge in [-0.1, -0.05) is 33.1 Å². The van der Waals surface area contributed by atoms with Crippen LogP contribution in [0.1, 0.15) is 58.8 Å². The van der Waals surface area contributed by atoms with Gasteiger partial charge in [0.05, 0.1) is 6.61 Å². The van der Waals surface area contributed by atoms with Crippen LogP contribution in [0, 0.1) is 11.8 Å². The maximum atomic E-state index is 11.7. The van der Waals surface area contributed by atoms with E-state index < -0.39 is 0 Å². The Morgan fingerprint density at radius 1 is 1.44 bits per heavy atom. The lowest BCUT2D eigenvalue weighted by atomic mass is 10.0. The summed E-state index contributed by atoms with van der Waals surface area (Å²) in [4.78, 5) is 11.7. The van der Waals surface area contributed by atoms with Gasteiger partial charge in [-0.3, -0.25) is 4.79 Å². The van der Waals surface area contributed by atoms with E-state index in [4.69, 9.17) is 4.74 Å². The first-order valence-corrected chi connectivity index (χ1v) is 7.62. The summed E-state index contributed by atoms with van der Waals surface area (Å²) < 4.78 is 5.39. The quantitative estimate of drug-likeness (QED) is 0.643. The number of nitrogens with one attached hydrogen (secondary N) is 1. The molecule has 0 aromatic carbocycles. The standard InChI is InChI=1S/C15H29NO2/c1-3-5-6-13(4-2)12-18-15(17)8-7-14-9-10-16-11-14/h13-14,16H,3-12H2,1-2H3. The Kier molecular flexibility index (Phi) is 8.06. The summed E-state index contributed by atoms with van der Waals surface area (Å²) in [5, 5.41) is 3.33. The van der Waals surface area contributed by atoms with E-state index in [1.54, 1.807) is 0 Å². The van der Waals surface area contributed by atoms with Crippen molar-refractivity contribution in [2.75, 3.05) is 19.7 Å². The minimum atomic E-state index is -0.00292. The third-order valence-electron chi connectivity index (χ3n) is 3.94. The molecule has 2 unspecified atom stereocenters. The van der Waals surface area contributed by atoms with Crippen molar-refractivity contribution in [3.05, 3.63) is 0 Å². The molecule has 1 aliphatic heterocycles. The van der Waals surface area contributed by atoms with Crippen LogP contribution >= 0.6 is 0 Å². The smallest absolute Gasteiger partial charge is 0.305 e. The van der Waals surface area contributed by atoms with Gasteiger partial charge < -0.3 is 10.1 Å². The van der Waals surface area contributed by atoms with Crippen molar-refractivity contribution in [2.45, 2.75) is 58.8 Å². The van der Waals surface area contributed by atoms with E-state index in [-0.39, 0.29) is 5.97 Å². The van der Waals surface area contributed by atoms with Gasteiger partial charge in [-0.2, -0.15) is 0 Å². The molecule has 2 atom stereocenters. The van der Waals surface area contributed by atoms with Crippen LogP contribution in [-0.4, -0.2) is 25.7 Å². The molecule has 1 rings (SSSR count). The average molecular weight is 255 g/mol. The van der Waals surface area contributed by atoms with Crippen LogP contribution in [0.2, 0.25) is 0 Å². The van der Waals surface area contributed by atoms with E-state index in [1.165, 1.54) is 25.7 Å². The topological polar surface area (TPSA) is 38.3 Å². The van der Waals surface area contributed by atoms with E-state index in [9.17, 15) is 4.79 Å². The summed E-state index contributed by atoms with van der Waals surface area (Å²) >= 11 is 0. The minimum absolute atomic E-state index is 0.00292. The molecule has 0 amide bonds. The van der Waals surface area contributed by atoms with Crippen LogP contribution in [0.15, 0.2) is 0 Å². The van der Waals surface area contributed by atoms with E-state index in [0.29, 0.717) is 24.9 Å². The number of hydrogen-bond donors (Lipinski definition) is 1. The van der Waals surface area contributed by atoms with Gasteiger partial charge in [-0.25, -0.2) is 0 Å². The summed E-state index contributed by atoms with van der Waals surface area (Å²) in [5.41, 5.74) is 0. The molecule has 0 aliphatic carbocycles. The van der Waals surface area contributed by atoms with Crippen LogP contribution in [0.3, 0.4) is 0 Å². The molecule has 18 heavy (non-hydrogen) atoms. The summed E-state index contributed by atoms with van der Waals surface area (Å²) in [6.45, 7) is 7.18. The largest absolute Gasteiger partial charge is 0.465 e. The SMILES string of the molecule is CCCCC(CC)COC(=O)CCC1CCNC1. The lowest BCUT2D eigenvalue weighted by Gasteiger charge is -2.15. The molecule has 1 saturated heterocycles. The molecule has 1 aliphatic rings. The van der Waals surface area contributed by atoms with Crippen LogP contribution in [0.25, 0.3) is 0 Å². The molecular weight excluding hydrogens is 226 g/mol. The van der Waals surface area contributed by atoms with Crippen molar-refractivity contribution in [1.82, 2.24) is 5.32 Å². The van der Waals surface area contributed by atoms with Gasteiger partial charge >= 0.3 is 5.97 Å². The molecule has 0 spiro atoms. The van der Waals surface area contributed by atoms with Gasteiger partial charge in [0, 0.05) is 6.42 Å². The summed E-state index contributed by atoms with van der Waals surface area (Å²) in [6, 6.07) is 0. The van der Waals surface area contributed by atoms with Crippen LogP contribution in [0.4, 0.5) is 0 Å². The van der Waals surface area contributed by atoms with Gasteiger partial charge in [0.25, 0.3) is 0 Å². The first-order chi connectivity index (χ1) is 8.76. The Morgan fingerprint density at radius 2 is 2.28 bits per heavy atom. The molecule has 1 N–H and O–H groups in total. The molecule has 3 nitrogen and oxygen atoms in total. The number of carbonyl (C=O) groups excluding carboxylic acids is 1. The van der Waals surface area contributed by atoms with Gasteiger partial charge in [0.1, 0.15) is 0 Å². The zero-order valence-corrected chi connectivity index (χ0v) is 12.0. The van der Waals surface area contributed by atoms with Crippen molar-refractivity contribution >= 4 is 5.97 Å². The third-order valence-corrected chi connectivity index (χ3v) is 3.94. The average Bonchev–Trinajstić information content (AvgIpc) is 2.89. The maximum Gasteiger partial charge on any atom is 0.305 e. The van der Waals surface area contributed by atoms with Gasteiger partial charge in [0.15, 0.2) is 0 Å². The molecule has 0 radical (unpaired) electrons. The second-order valence-electron chi connectivity index (χ2n) is 5.50. The summed E-state index contributed by atoms with van der Waals surface area (Å²) in [7, 11) is 0. The Hall–Kier alpha value is -0.570. The lowest BCUT2D eigenvalue weighted by molar-refractivity contribution is -0.145. The molecule has 0 aromatic rings. The Bertz CT molecular complexity index is 225. The van der Waals surface area contributed by atoms with Crippen molar-refractivity contribution in [1.29, 1.82) is 0 Å². The molecule has 106 valence electrons. The molecular formula is C15H29NO2. The highest BCUT2D eigenvalue weighted by molar-refractivity contribution is 5.69. The molecule has 1 heterocycles. The maximum absolute atomic E-state index is 11.7. The van der Waals surface area contributed by atoms with Crippen molar-refractivity contribution < 1.29 is 9.53 Å². The highest BCUT2D eigenvalue weighted by atomic mass is 16.5. The Balaban J connectivity index is 2.06. The highest BCUT2D eigenvalue weighted by Crippen LogP contribution is 2.16. The fraction of sp³-hybridized carbons (Fsp3) is 0.933. The first kappa shape index (κ1) is 15.5. The number of rotatable bonds is 9. The molecule has 0 saturated carbocycles. The lowest BCUT2D eigenvalue weighted by Crippen LogP contribution is -2.15. The van der Waals surface area contributed by atoms with E-state index in [2.05, 4.69) is 19.2 Å². The molecule has 1 fully saturated rings. The summed E-state index contributed by atoms with van der Waals surface area (Å²) in [6.07, 6.45) is 7.55. The predicted molar refractivity (Wildman–Crippen MR) is 74.5 cm³/mol.